The molecule has 1 amide bonds. The topological polar surface area (TPSA) is 44.9 Å². The van der Waals surface area contributed by atoms with E-state index in [1.807, 2.05) is 30.5 Å². The Morgan fingerprint density at radius 2 is 1.96 bits per heavy atom. The van der Waals surface area contributed by atoms with Crippen LogP contribution in [0, 0.1) is 18.8 Å². The number of rotatable bonds is 5. The maximum atomic E-state index is 12.8. The van der Waals surface area contributed by atoms with Crippen LogP contribution in [0.3, 0.4) is 0 Å². The van der Waals surface area contributed by atoms with E-state index in [0.29, 0.717) is 18.3 Å². The van der Waals surface area contributed by atoms with Crippen LogP contribution < -0.4 is 5.32 Å². The van der Waals surface area contributed by atoms with Crippen LogP contribution in [0.2, 0.25) is 0 Å². The largest absolute Gasteiger partial charge is 0.361 e. The Morgan fingerprint density at radius 3 is 2.68 bits per heavy atom. The van der Waals surface area contributed by atoms with Gasteiger partial charge in [0.25, 0.3) is 0 Å². The van der Waals surface area contributed by atoms with Crippen molar-refractivity contribution in [1.82, 2.24) is 10.3 Å². The first kappa shape index (κ1) is 15.9. The van der Waals surface area contributed by atoms with Crippen molar-refractivity contribution in [2.24, 2.45) is 11.8 Å². The molecule has 0 spiro atoms. The molecule has 1 saturated carbocycles. The summed E-state index contributed by atoms with van der Waals surface area (Å²) in [5.74, 6) is 1.33. The normalized spacial score (nSPS) is 20.4. The minimum Gasteiger partial charge on any atom is -0.361 e. The summed E-state index contributed by atoms with van der Waals surface area (Å²) in [5.41, 5.74) is 4.58. The van der Waals surface area contributed by atoms with Crippen molar-refractivity contribution in [3.05, 3.63) is 71.4 Å². The highest BCUT2D eigenvalue weighted by Gasteiger charge is 2.40. The second-order valence-corrected chi connectivity index (χ2v) is 7.32. The van der Waals surface area contributed by atoms with Gasteiger partial charge in [-0.05, 0) is 47.9 Å². The maximum absolute atomic E-state index is 12.8. The maximum Gasteiger partial charge on any atom is 0.224 e. The molecule has 1 aromatic heterocycles. The molecule has 3 aromatic rings. The van der Waals surface area contributed by atoms with E-state index in [2.05, 4.69) is 48.4 Å². The smallest absolute Gasteiger partial charge is 0.224 e. The number of carbonyl (C=O) groups is 1. The molecule has 3 atom stereocenters. The molecule has 128 valence electrons. The van der Waals surface area contributed by atoms with E-state index in [-0.39, 0.29) is 11.9 Å². The van der Waals surface area contributed by atoms with Crippen LogP contribution in [-0.4, -0.2) is 10.9 Å². The summed E-state index contributed by atoms with van der Waals surface area (Å²) in [7, 11) is 0. The van der Waals surface area contributed by atoms with Crippen LogP contribution in [-0.2, 0) is 11.2 Å². The van der Waals surface area contributed by atoms with Crippen molar-refractivity contribution in [2.45, 2.75) is 32.7 Å². The third kappa shape index (κ3) is 3.19. The molecule has 1 heterocycles. The molecule has 4 rings (SSSR count). The molecule has 2 aromatic carbocycles. The van der Waals surface area contributed by atoms with E-state index < -0.39 is 0 Å². The first-order valence-corrected chi connectivity index (χ1v) is 9.03. The number of amides is 1. The van der Waals surface area contributed by atoms with Crippen LogP contribution in [0.1, 0.15) is 36.1 Å². The summed E-state index contributed by atoms with van der Waals surface area (Å²) >= 11 is 0. The van der Waals surface area contributed by atoms with Crippen molar-refractivity contribution in [3.63, 3.8) is 0 Å². The number of H-pyrrole nitrogens is 1. The Balaban J connectivity index is 1.54. The Kier molecular flexibility index (Phi) is 4.08. The zero-order chi connectivity index (χ0) is 17.4. The Labute approximate surface area is 148 Å². The standard InChI is InChI=1S/C22H24N2O/c1-14-7-6-10-19-21(14)17(13-23-19)12-20(25)24-22(18-11-15(18)2)16-8-4-3-5-9-16/h3-10,13,15,18,22-23H,11-12H2,1-2H3,(H,24,25). The number of aromatic amines is 1. The molecular formula is C22H24N2O. The molecule has 0 radical (unpaired) electrons. The predicted molar refractivity (Wildman–Crippen MR) is 101 cm³/mol. The average Bonchev–Trinajstić information content (AvgIpc) is 3.19. The van der Waals surface area contributed by atoms with Gasteiger partial charge in [-0.3, -0.25) is 4.79 Å². The molecular weight excluding hydrogens is 308 g/mol. The van der Waals surface area contributed by atoms with Gasteiger partial charge in [0, 0.05) is 17.1 Å². The van der Waals surface area contributed by atoms with Gasteiger partial charge in [-0.25, -0.2) is 0 Å². The Bertz CT molecular complexity index is 897. The predicted octanol–water partition coefficient (Wildman–Crippen LogP) is 4.53. The number of nitrogens with one attached hydrogen (secondary N) is 2. The van der Waals surface area contributed by atoms with Crippen LogP contribution in [0.5, 0.6) is 0 Å². The number of fused-ring (bicyclic) bond motifs is 1. The van der Waals surface area contributed by atoms with E-state index in [1.165, 1.54) is 22.9 Å². The third-order valence-corrected chi connectivity index (χ3v) is 5.42. The van der Waals surface area contributed by atoms with E-state index in [0.717, 1.165) is 11.1 Å². The Hall–Kier alpha value is -2.55. The molecule has 2 N–H and O–H groups in total. The molecule has 0 saturated heterocycles. The summed E-state index contributed by atoms with van der Waals surface area (Å²) in [6.07, 6.45) is 3.57. The average molecular weight is 332 g/mol. The molecule has 1 aliphatic carbocycles. The van der Waals surface area contributed by atoms with Gasteiger partial charge in [0.05, 0.1) is 12.5 Å². The van der Waals surface area contributed by atoms with Crippen molar-refractivity contribution in [2.75, 3.05) is 0 Å². The fourth-order valence-corrected chi connectivity index (χ4v) is 3.90. The summed E-state index contributed by atoms with van der Waals surface area (Å²) in [6.45, 7) is 4.35. The first-order chi connectivity index (χ1) is 12.1. The molecule has 3 nitrogen and oxygen atoms in total. The van der Waals surface area contributed by atoms with E-state index in [1.54, 1.807) is 0 Å². The fraction of sp³-hybridized carbons (Fsp3) is 0.318. The minimum atomic E-state index is 0.0945. The lowest BCUT2D eigenvalue weighted by Crippen LogP contribution is -2.31. The van der Waals surface area contributed by atoms with Crippen molar-refractivity contribution in [3.8, 4) is 0 Å². The quantitative estimate of drug-likeness (QED) is 0.708. The van der Waals surface area contributed by atoms with Gasteiger partial charge < -0.3 is 10.3 Å². The molecule has 3 heteroatoms. The monoisotopic (exact) mass is 332 g/mol. The highest BCUT2D eigenvalue weighted by atomic mass is 16.1. The van der Waals surface area contributed by atoms with E-state index in [9.17, 15) is 4.79 Å². The molecule has 3 unspecified atom stereocenters. The highest BCUT2D eigenvalue weighted by Crippen LogP contribution is 2.46. The second-order valence-electron chi connectivity index (χ2n) is 7.32. The van der Waals surface area contributed by atoms with Gasteiger partial charge >= 0.3 is 0 Å². The van der Waals surface area contributed by atoms with E-state index in [4.69, 9.17) is 0 Å². The van der Waals surface area contributed by atoms with Crippen molar-refractivity contribution in [1.29, 1.82) is 0 Å². The SMILES string of the molecule is Cc1cccc2[nH]cc(CC(=O)NC(c3ccccc3)C3CC3C)c12. The number of hydrogen-bond acceptors (Lipinski definition) is 1. The van der Waals surface area contributed by atoms with Crippen molar-refractivity contribution >= 4 is 16.8 Å². The summed E-state index contributed by atoms with van der Waals surface area (Å²) in [4.78, 5) is 16.0. The third-order valence-electron chi connectivity index (χ3n) is 5.42. The number of benzene rings is 2. The number of aryl methyl sites for hydroxylation is 1. The number of carbonyl (C=O) groups excluding carboxylic acids is 1. The summed E-state index contributed by atoms with van der Waals surface area (Å²) < 4.78 is 0. The Morgan fingerprint density at radius 1 is 1.20 bits per heavy atom. The van der Waals surface area contributed by atoms with Crippen LogP contribution in [0.25, 0.3) is 10.9 Å². The lowest BCUT2D eigenvalue weighted by atomic mass is 10.00. The zero-order valence-electron chi connectivity index (χ0n) is 14.8. The molecule has 1 fully saturated rings. The van der Waals surface area contributed by atoms with Crippen molar-refractivity contribution < 1.29 is 4.79 Å². The molecule has 25 heavy (non-hydrogen) atoms. The zero-order valence-corrected chi connectivity index (χ0v) is 14.8. The van der Waals surface area contributed by atoms with Crippen LogP contribution in [0.15, 0.2) is 54.7 Å². The number of hydrogen-bond donors (Lipinski definition) is 2. The lowest BCUT2D eigenvalue weighted by Gasteiger charge is -2.19. The molecule has 0 bridgehead atoms. The highest BCUT2D eigenvalue weighted by molar-refractivity contribution is 5.91. The van der Waals surface area contributed by atoms with Crippen LogP contribution >= 0.6 is 0 Å². The van der Waals surface area contributed by atoms with Gasteiger partial charge in [-0.1, -0.05) is 49.4 Å². The lowest BCUT2D eigenvalue weighted by molar-refractivity contribution is -0.121. The second kappa shape index (κ2) is 6.40. The first-order valence-electron chi connectivity index (χ1n) is 9.03. The molecule has 0 aliphatic heterocycles. The minimum absolute atomic E-state index is 0.0945. The van der Waals surface area contributed by atoms with Gasteiger partial charge in [0.1, 0.15) is 0 Å². The van der Waals surface area contributed by atoms with Gasteiger partial charge in [0.15, 0.2) is 0 Å². The van der Waals surface area contributed by atoms with Gasteiger partial charge in [-0.15, -0.1) is 0 Å². The molecule has 1 aliphatic rings. The fourth-order valence-electron chi connectivity index (χ4n) is 3.90. The van der Waals surface area contributed by atoms with Gasteiger partial charge in [-0.2, -0.15) is 0 Å². The van der Waals surface area contributed by atoms with Gasteiger partial charge in [0.2, 0.25) is 5.91 Å². The number of aromatic nitrogens is 1. The summed E-state index contributed by atoms with van der Waals surface area (Å²) in [6, 6.07) is 16.7. The van der Waals surface area contributed by atoms with Crippen LogP contribution in [0.4, 0.5) is 0 Å². The van der Waals surface area contributed by atoms with E-state index >= 15 is 0 Å². The summed E-state index contributed by atoms with van der Waals surface area (Å²) in [5, 5.41) is 4.47.